The number of nitrogens with two attached hydrogens (primary N) is 1. The molecular weight excluding hydrogens is 202 g/mol. The van der Waals surface area contributed by atoms with Crippen molar-refractivity contribution in [3.8, 4) is 11.5 Å². The molecule has 0 amide bonds. The van der Waals surface area contributed by atoms with Crippen molar-refractivity contribution in [3.05, 3.63) is 22.7 Å². The first-order valence-electron chi connectivity index (χ1n) is 4.27. The highest BCUT2D eigenvalue weighted by molar-refractivity contribution is 6.31. The van der Waals surface area contributed by atoms with Crippen LogP contribution in [-0.2, 0) is 0 Å². The molecule has 0 aliphatic carbocycles. The maximum absolute atomic E-state index is 6.02. The van der Waals surface area contributed by atoms with E-state index >= 15 is 0 Å². The van der Waals surface area contributed by atoms with Gasteiger partial charge in [0.05, 0.1) is 14.2 Å². The number of halogens is 1. The van der Waals surface area contributed by atoms with E-state index in [-0.39, 0.29) is 6.04 Å². The van der Waals surface area contributed by atoms with Gasteiger partial charge in [-0.15, -0.1) is 0 Å². The van der Waals surface area contributed by atoms with Crippen LogP contribution < -0.4 is 15.2 Å². The second-order valence-corrected chi connectivity index (χ2v) is 3.42. The van der Waals surface area contributed by atoms with Crippen molar-refractivity contribution < 1.29 is 9.47 Å². The number of hydrogen-bond acceptors (Lipinski definition) is 3. The fourth-order valence-corrected chi connectivity index (χ4v) is 1.54. The Bertz CT molecular complexity index is 326. The topological polar surface area (TPSA) is 44.5 Å². The largest absolute Gasteiger partial charge is 0.493 e. The molecular formula is C10H14ClNO2. The fourth-order valence-electron chi connectivity index (χ4n) is 1.22. The van der Waals surface area contributed by atoms with Crippen LogP contribution in [0, 0.1) is 0 Å². The number of hydrogen-bond donors (Lipinski definition) is 1. The predicted molar refractivity (Wildman–Crippen MR) is 57.2 cm³/mol. The van der Waals surface area contributed by atoms with Crippen molar-refractivity contribution in [2.24, 2.45) is 5.73 Å². The zero-order chi connectivity index (χ0) is 10.7. The molecule has 1 aromatic rings. The monoisotopic (exact) mass is 215 g/mol. The molecule has 0 fully saturated rings. The molecule has 78 valence electrons. The Morgan fingerprint density at radius 3 is 2.14 bits per heavy atom. The molecule has 0 saturated heterocycles. The van der Waals surface area contributed by atoms with E-state index in [9.17, 15) is 0 Å². The zero-order valence-electron chi connectivity index (χ0n) is 8.50. The Morgan fingerprint density at radius 2 is 1.71 bits per heavy atom. The molecule has 0 saturated carbocycles. The lowest BCUT2D eigenvalue weighted by molar-refractivity contribution is 0.354. The highest BCUT2D eigenvalue weighted by Gasteiger charge is 2.11. The lowest BCUT2D eigenvalue weighted by Gasteiger charge is -2.13. The first-order chi connectivity index (χ1) is 6.60. The van der Waals surface area contributed by atoms with Crippen molar-refractivity contribution >= 4 is 11.6 Å². The van der Waals surface area contributed by atoms with E-state index in [1.165, 1.54) is 0 Å². The smallest absolute Gasteiger partial charge is 0.162 e. The number of rotatable bonds is 3. The van der Waals surface area contributed by atoms with E-state index in [4.69, 9.17) is 26.8 Å². The second kappa shape index (κ2) is 4.53. The molecule has 1 aromatic carbocycles. The first-order valence-corrected chi connectivity index (χ1v) is 4.65. The average Bonchev–Trinajstić information content (AvgIpc) is 2.16. The molecule has 0 heterocycles. The molecule has 0 radical (unpaired) electrons. The van der Waals surface area contributed by atoms with Crippen molar-refractivity contribution in [2.75, 3.05) is 14.2 Å². The lowest BCUT2D eigenvalue weighted by Crippen LogP contribution is -2.06. The van der Waals surface area contributed by atoms with Crippen LogP contribution in [0.3, 0.4) is 0 Å². The van der Waals surface area contributed by atoms with Crippen LogP contribution in [0.1, 0.15) is 18.5 Å². The normalized spacial score (nSPS) is 12.4. The summed E-state index contributed by atoms with van der Waals surface area (Å²) in [6.45, 7) is 1.87. The molecule has 0 spiro atoms. The van der Waals surface area contributed by atoms with Gasteiger partial charge in [0, 0.05) is 17.1 Å². The Morgan fingerprint density at radius 1 is 1.21 bits per heavy atom. The summed E-state index contributed by atoms with van der Waals surface area (Å²) in [4.78, 5) is 0. The van der Waals surface area contributed by atoms with E-state index < -0.39 is 0 Å². The van der Waals surface area contributed by atoms with E-state index in [2.05, 4.69) is 0 Å². The van der Waals surface area contributed by atoms with Crippen molar-refractivity contribution in [2.45, 2.75) is 13.0 Å². The first kappa shape index (κ1) is 11.1. The maximum Gasteiger partial charge on any atom is 0.162 e. The molecule has 14 heavy (non-hydrogen) atoms. The molecule has 1 rings (SSSR count). The van der Waals surface area contributed by atoms with E-state index in [0.717, 1.165) is 5.56 Å². The Balaban J connectivity index is 3.23. The average molecular weight is 216 g/mol. The van der Waals surface area contributed by atoms with E-state index in [0.29, 0.717) is 16.5 Å². The van der Waals surface area contributed by atoms with Gasteiger partial charge in [-0.2, -0.15) is 0 Å². The van der Waals surface area contributed by atoms with Crippen LogP contribution in [0.25, 0.3) is 0 Å². The SMILES string of the molecule is COc1cc(Cl)c(C(C)N)cc1OC. The minimum atomic E-state index is -0.123. The quantitative estimate of drug-likeness (QED) is 0.842. The predicted octanol–water partition coefficient (Wildman–Crippen LogP) is 2.38. The van der Waals surface area contributed by atoms with Crippen LogP contribution in [0.2, 0.25) is 5.02 Å². The van der Waals surface area contributed by atoms with Gasteiger partial charge in [0.25, 0.3) is 0 Å². The van der Waals surface area contributed by atoms with Crippen LogP contribution >= 0.6 is 11.6 Å². The molecule has 0 aliphatic rings. The van der Waals surface area contributed by atoms with Gasteiger partial charge >= 0.3 is 0 Å². The summed E-state index contributed by atoms with van der Waals surface area (Å²) in [5.74, 6) is 1.26. The Kier molecular flexibility index (Phi) is 3.61. The van der Waals surface area contributed by atoms with Gasteiger partial charge in [-0.25, -0.2) is 0 Å². The summed E-state index contributed by atoms with van der Waals surface area (Å²) >= 11 is 6.02. The number of ether oxygens (including phenoxy) is 2. The molecule has 0 aromatic heterocycles. The Hall–Kier alpha value is -0.930. The number of benzene rings is 1. The summed E-state index contributed by atoms with van der Waals surface area (Å²) in [6, 6.07) is 3.38. The highest BCUT2D eigenvalue weighted by atomic mass is 35.5. The van der Waals surface area contributed by atoms with Gasteiger partial charge in [0.2, 0.25) is 0 Å². The molecule has 4 heteroatoms. The van der Waals surface area contributed by atoms with Crippen LogP contribution in [0.15, 0.2) is 12.1 Å². The number of methoxy groups -OCH3 is 2. The van der Waals surface area contributed by atoms with Crippen LogP contribution in [-0.4, -0.2) is 14.2 Å². The van der Waals surface area contributed by atoms with Gasteiger partial charge < -0.3 is 15.2 Å². The summed E-state index contributed by atoms with van der Waals surface area (Å²) in [5, 5.41) is 0.595. The second-order valence-electron chi connectivity index (χ2n) is 3.02. The molecule has 1 unspecified atom stereocenters. The third-order valence-corrected chi connectivity index (χ3v) is 2.32. The van der Waals surface area contributed by atoms with Gasteiger partial charge in [-0.3, -0.25) is 0 Å². The van der Waals surface area contributed by atoms with Crippen LogP contribution in [0.4, 0.5) is 0 Å². The molecule has 2 N–H and O–H groups in total. The minimum Gasteiger partial charge on any atom is -0.493 e. The molecule has 1 atom stereocenters. The minimum absolute atomic E-state index is 0.123. The summed E-state index contributed by atoms with van der Waals surface area (Å²) in [7, 11) is 3.15. The van der Waals surface area contributed by atoms with Gasteiger partial charge in [-0.1, -0.05) is 11.6 Å². The zero-order valence-corrected chi connectivity index (χ0v) is 9.26. The molecule has 0 bridgehead atoms. The summed E-state index contributed by atoms with van der Waals surface area (Å²) < 4.78 is 10.2. The standard InChI is InChI=1S/C10H14ClNO2/c1-6(12)7-4-9(13-2)10(14-3)5-8(7)11/h4-6H,12H2,1-3H3. The Labute approximate surface area is 88.8 Å². The van der Waals surface area contributed by atoms with Crippen LogP contribution in [0.5, 0.6) is 11.5 Å². The van der Waals surface area contributed by atoms with Crippen molar-refractivity contribution in [3.63, 3.8) is 0 Å². The van der Waals surface area contributed by atoms with E-state index in [1.54, 1.807) is 26.4 Å². The van der Waals surface area contributed by atoms with Gasteiger partial charge in [0.1, 0.15) is 0 Å². The third kappa shape index (κ3) is 2.11. The fraction of sp³-hybridized carbons (Fsp3) is 0.400. The lowest BCUT2D eigenvalue weighted by atomic mass is 10.1. The molecule has 3 nitrogen and oxygen atoms in total. The summed E-state index contributed by atoms with van der Waals surface area (Å²) in [6.07, 6.45) is 0. The van der Waals surface area contributed by atoms with Gasteiger partial charge in [-0.05, 0) is 18.6 Å². The van der Waals surface area contributed by atoms with Gasteiger partial charge in [0.15, 0.2) is 11.5 Å². The third-order valence-electron chi connectivity index (χ3n) is 1.99. The molecule has 0 aliphatic heterocycles. The maximum atomic E-state index is 6.02. The van der Waals surface area contributed by atoms with E-state index in [1.807, 2.05) is 6.92 Å². The summed E-state index contributed by atoms with van der Waals surface area (Å²) in [5.41, 5.74) is 6.60. The highest BCUT2D eigenvalue weighted by Crippen LogP contribution is 2.34. The van der Waals surface area contributed by atoms with Crippen molar-refractivity contribution in [1.29, 1.82) is 0 Å². The van der Waals surface area contributed by atoms with Crippen molar-refractivity contribution in [1.82, 2.24) is 0 Å².